The monoisotopic (exact) mass is 382 g/mol. The first-order chi connectivity index (χ1) is 9.63. The van der Waals surface area contributed by atoms with E-state index in [1.807, 2.05) is 12.1 Å². The van der Waals surface area contributed by atoms with Crippen LogP contribution in [-0.2, 0) is 0 Å². The van der Waals surface area contributed by atoms with Crippen LogP contribution in [0.5, 0.6) is 0 Å². The summed E-state index contributed by atoms with van der Waals surface area (Å²) in [4.78, 5) is 8.76. The Morgan fingerprint density at radius 3 is 2.50 bits per heavy atom. The topological polar surface area (TPSA) is 49.8 Å². The fourth-order valence-electron chi connectivity index (χ4n) is 2.04. The second-order valence-electron chi connectivity index (χ2n) is 4.77. The van der Waals surface area contributed by atoms with E-state index in [1.165, 1.54) is 3.57 Å². The van der Waals surface area contributed by atoms with Gasteiger partial charge in [0.05, 0.1) is 5.69 Å². The average Bonchev–Trinajstić information content (AvgIpc) is 2.41. The van der Waals surface area contributed by atoms with Crippen LogP contribution in [0.15, 0.2) is 30.6 Å². The molecule has 0 amide bonds. The number of hydrogen-bond acceptors (Lipinski definition) is 4. The maximum atomic E-state index is 4.41. The zero-order chi connectivity index (χ0) is 14.5. The Morgan fingerprint density at radius 1 is 1.15 bits per heavy atom. The van der Waals surface area contributed by atoms with Gasteiger partial charge in [-0.05, 0) is 47.6 Å². The first-order valence-electron chi connectivity index (χ1n) is 6.73. The molecule has 0 saturated heterocycles. The molecule has 1 aromatic carbocycles. The Labute approximate surface area is 133 Å². The third-order valence-corrected chi connectivity index (χ3v) is 3.87. The summed E-state index contributed by atoms with van der Waals surface area (Å²) in [6.07, 6.45) is 1.60. The third-order valence-electron chi connectivity index (χ3n) is 2.93. The number of hydrogen-bond donors (Lipinski definition) is 2. The van der Waals surface area contributed by atoms with Gasteiger partial charge in [-0.15, -0.1) is 0 Å². The highest BCUT2D eigenvalue weighted by Gasteiger charge is 2.15. The van der Waals surface area contributed by atoms with Crippen LogP contribution in [0, 0.1) is 3.57 Å². The molecule has 0 saturated carbocycles. The van der Waals surface area contributed by atoms with E-state index in [2.05, 4.69) is 76.1 Å². The van der Waals surface area contributed by atoms with Gasteiger partial charge in [-0.1, -0.05) is 26.0 Å². The molecule has 0 aliphatic rings. The first kappa shape index (κ1) is 15.0. The predicted molar refractivity (Wildman–Crippen MR) is 92.7 cm³/mol. The molecular formula is C15H19IN4. The maximum Gasteiger partial charge on any atom is 0.139 e. The molecule has 2 N–H and O–H groups in total. The van der Waals surface area contributed by atoms with E-state index < -0.39 is 0 Å². The molecule has 2 rings (SSSR count). The SMILES string of the molecule is CCNc1ncnc(Nc2ccccc2I)c1C(C)C. The summed E-state index contributed by atoms with van der Waals surface area (Å²) >= 11 is 2.32. The van der Waals surface area contributed by atoms with E-state index in [0.717, 1.165) is 29.4 Å². The van der Waals surface area contributed by atoms with Crippen molar-refractivity contribution < 1.29 is 0 Å². The molecule has 0 fully saturated rings. The van der Waals surface area contributed by atoms with Crippen LogP contribution in [0.4, 0.5) is 17.3 Å². The number of nitrogens with one attached hydrogen (secondary N) is 2. The lowest BCUT2D eigenvalue weighted by atomic mass is 10.0. The normalized spacial score (nSPS) is 10.7. The Balaban J connectivity index is 2.41. The molecule has 0 radical (unpaired) electrons. The smallest absolute Gasteiger partial charge is 0.139 e. The van der Waals surface area contributed by atoms with Gasteiger partial charge in [-0.2, -0.15) is 0 Å². The van der Waals surface area contributed by atoms with Crippen LogP contribution in [0.3, 0.4) is 0 Å². The lowest BCUT2D eigenvalue weighted by Gasteiger charge is -2.17. The summed E-state index contributed by atoms with van der Waals surface area (Å²) < 4.78 is 1.17. The molecule has 106 valence electrons. The summed E-state index contributed by atoms with van der Waals surface area (Å²) in [5.74, 6) is 2.12. The summed E-state index contributed by atoms with van der Waals surface area (Å²) in [5, 5.41) is 6.73. The second kappa shape index (κ2) is 6.88. The van der Waals surface area contributed by atoms with E-state index >= 15 is 0 Å². The highest BCUT2D eigenvalue weighted by molar-refractivity contribution is 14.1. The number of halogens is 1. The van der Waals surface area contributed by atoms with Crippen LogP contribution in [-0.4, -0.2) is 16.5 Å². The Kier molecular flexibility index (Phi) is 5.17. The minimum absolute atomic E-state index is 0.342. The van der Waals surface area contributed by atoms with Crippen molar-refractivity contribution in [2.75, 3.05) is 17.2 Å². The summed E-state index contributed by atoms with van der Waals surface area (Å²) in [6, 6.07) is 8.18. The zero-order valence-electron chi connectivity index (χ0n) is 11.9. The number of aromatic nitrogens is 2. The van der Waals surface area contributed by atoms with Gasteiger partial charge in [-0.3, -0.25) is 0 Å². The lowest BCUT2D eigenvalue weighted by Crippen LogP contribution is -2.09. The van der Waals surface area contributed by atoms with Crippen molar-refractivity contribution in [2.24, 2.45) is 0 Å². The fraction of sp³-hybridized carbons (Fsp3) is 0.333. The van der Waals surface area contributed by atoms with E-state index in [4.69, 9.17) is 0 Å². The van der Waals surface area contributed by atoms with Crippen molar-refractivity contribution in [3.8, 4) is 0 Å². The van der Waals surface area contributed by atoms with Gasteiger partial charge >= 0.3 is 0 Å². The van der Waals surface area contributed by atoms with Gasteiger partial charge in [0, 0.05) is 15.7 Å². The summed E-state index contributed by atoms with van der Waals surface area (Å²) in [6.45, 7) is 7.22. The Hall–Kier alpha value is -1.37. The van der Waals surface area contributed by atoms with E-state index in [9.17, 15) is 0 Å². The van der Waals surface area contributed by atoms with Gasteiger partial charge in [0.15, 0.2) is 0 Å². The van der Waals surface area contributed by atoms with Crippen LogP contribution in [0.1, 0.15) is 32.3 Å². The van der Waals surface area contributed by atoms with Gasteiger partial charge in [0.2, 0.25) is 0 Å². The quantitative estimate of drug-likeness (QED) is 0.754. The molecule has 0 unspecified atom stereocenters. The Bertz CT molecular complexity index is 584. The Morgan fingerprint density at radius 2 is 1.85 bits per heavy atom. The molecule has 1 heterocycles. The molecule has 4 nitrogen and oxygen atoms in total. The molecule has 0 aliphatic carbocycles. The number of nitrogens with zero attached hydrogens (tertiary/aromatic N) is 2. The number of benzene rings is 1. The van der Waals surface area contributed by atoms with Crippen molar-refractivity contribution in [3.05, 3.63) is 39.7 Å². The molecule has 2 aromatic rings. The van der Waals surface area contributed by atoms with E-state index in [1.54, 1.807) is 6.33 Å². The molecule has 1 aromatic heterocycles. The third kappa shape index (κ3) is 3.39. The van der Waals surface area contributed by atoms with Gasteiger partial charge in [-0.25, -0.2) is 9.97 Å². The van der Waals surface area contributed by atoms with Crippen LogP contribution < -0.4 is 10.6 Å². The van der Waals surface area contributed by atoms with E-state index in [-0.39, 0.29) is 0 Å². The van der Waals surface area contributed by atoms with Crippen molar-refractivity contribution in [1.82, 2.24) is 9.97 Å². The second-order valence-corrected chi connectivity index (χ2v) is 5.94. The molecule has 0 aliphatic heterocycles. The molecular weight excluding hydrogens is 363 g/mol. The van der Waals surface area contributed by atoms with Crippen LogP contribution in [0.2, 0.25) is 0 Å². The number of para-hydroxylation sites is 1. The molecule has 0 spiro atoms. The predicted octanol–water partition coefficient (Wildman–Crippen LogP) is 4.38. The first-order valence-corrected chi connectivity index (χ1v) is 7.81. The van der Waals surface area contributed by atoms with E-state index in [0.29, 0.717) is 5.92 Å². The number of rotatable bonds is 5. The molecule has 0 bridgehead atoms. The number of anilines is 3. The zero-order valence-corrected chi connectivity index (χ0v) is 14.1. The highest BCUT2D eigenvalue weighted by atomic mass is 127. The molecule has 5 heteroatoms. The van der Waals surface area contributed by atoms with Gasteiger partial charge in [0.1, 0.15) is 18.0 Å². The molecule has 20 heavy (non-hydrogen) atoms. The average molecular weight is 382 g/mol. The lowest BCUT2D eigenvalue weighted by molar-refractivity contribution is 0.849. The van der Waals surface area contributed by atoms with Crippen LogP contribution in [0.25, 0.3) is 0 Å². The maximum absolute atomic E-state index is 4.41. The minimum atomic E-state index is 0.342. The van der Waals surface area contributed by atoms with Crippen molar-refractivity contribution in [2.45, 2.75) is 26.7 Å². The van der Waals surface area contributed by atoms with Crippen molar-refractivity contribution in [3.63, 3.8) is 0 Å². The largest absolute Gasteiger partial charge is 0.370 e. The summed E-state index contributed by atoms with van der Waals surface area (Å²) in [7, 11) is 0. The minimum Gasteiger partial charge on any atom is -0.370 e. The fourth-order valence-corrected chi connectivity index (χ4v) is 2.56. The van der Waals surface area contributed by atoms with Crippen molar-refractivity contribution in [1.29, 1.82) is 0 Å². The van der Waals surface area contributed by atoms with Crippen molar-refractivity contribution >= 4 is 39.9 Å². The summed E-state index contributed by atoms with van der Waals surface area (Å²) in [5.41, 5.74) is 2.19. The highest BCUT2D eigenvalue weighted by Crippen LogP contribution is 2.31. The van der Waals surface area contributed by atoms with Gasteiger partial charge < -0.3 is 10.6 Å². The van der Waals surface area contributed by atoms with Gasteiger partial charge in [0.25, 0.3) is 0 Å². The standard InChI is InChI=1S/C15H19IN4/c1-4-17-14-13(10(2)3)15(19-9-18-14)20-12-8-6-5-7-11(12)16/h5-10H,4H2,1-3H3,(H2,17,18,19,20). The van der Waals surface area contributed by atoms with Crippen LogP contribution >= 0.6 is 22.6 Å². The molecule has 0 atom stereocenters.